The van der Waals surface area contributed by atoms with Crippen LogP contribution in [0, 0.1) is 17.0 Å². The molecular formula is C9H11NO2S. The number of aryl methyl sites for hydroxylation is 1. The molecule has 13 heavy (non-hydrogen) atoms. The van der Waals surface area contributed by atoms with E-state index in [0.29, 0.717) is 0 Å². The third-order valence-electron chi connectivity index (χ3n) is 1.77. The lowest BCUT2D eigenvalue weighted by Crippen LogP contribution is -1.98. The zero-order valence-electron chi connectivity index (χ0n) is 7.61. The van der Waals surface area contributed by atoms with Crippen molar-refractivity contribution in [1.82, 2.24) is 0 Å². The summed E-state index contributed by atoms with van der Waals surface area (Å²) in [4.78, 5) is 11.1. The molecule has 0 aliphatic heterocycles. The third kappa shape index (κ3) is 2.73. The van der Waals surface area contributed by atoms with Gasteiger partial charge in [-0.3, -0.25) is 10.1 Å². The van der Waals surface area contributed by atoms with Gasteiger partial charge in [0.15, 0.2) is 0 Å². The van der Waals surface area contributed by atoms with Gasteiger partial charge in [0.05, 0.1) is 0 Å². The highest BCUT2D eigenvalue weighted by atomic mass is 32.2. The summed E-state index contributed by atoms with van der Waals surface area (Å²) in [5.41, 5.74) is 1.87. The van der Waals surface area contributed by atoms with Crippen molar-refractivity contribution in [3.8, 4) is 0 Å². The Kier molecular flexibility index (Phi) is 3.31. The Morgan fingerprint density at radius 2 is 2.23 bits per heavy atom. The van der Waals surface area contributed by atoms with Gasteiger partial charge >= 0.3 is 0 Å². The molecule has 4 heteroatoms. The first-order valence-electron chi connectivity index (χ1n) is 3.89. The lowest BCUT2D eigenvalue weighted by molar-refractivity contribution is -0.496. The Morgan fingerprint density at radius 3 is 2.69 bits per heavy atom. The highest BCUT2D eigenvalue weighted by molar-refractivity contribution is 7.98. The van der Waals surface area contributed by atoms with Crippen LogP contribution in [0.1, 0.15) is 11.1 Å². The summed E-state index contributed by atoms with van der Waals surface area (Å²) < 4.78 is 0. The number of hydrogen-bond donors (Lipinski definition) is 0. The van der Waals surface area contributed by atoms with Gasteiger partial charge < -0.3 is 0 Å². The van der Waals surface area contributed by atoms with Crippen molar-refractivity contribution >= 4 is 11.8 Å². The van der Waals surface area contributed by atoms with E-state index in [1.165, 1.54) is 4.90 Å². The molecule has 0 amide bonds. The van der Waals surface area contributed by atoms with Crippen molar-refractivity contribution < 1.29 is 4.92 Å². The largest absolute Gasteiger partial charge is 0.264 e. The number of benzene rings is 1. The van der Waals surface area contributed by atoms with Crippen LogP contribution in [0.15, 0.2) is 23.1 Å². The first-order valence-corrected chi connectivity index (χ1v) is 5.11. The zero-order valence-corrected chi connectivity index (χ0v) is 8.43. The highest BCUT2D eigenvalue weighted by Gasteiger charge is 2.03. The molecule has 0 aliphatic rings. The topological polar surface area (TPSA) is 43.1 Å². The van der Waals surface area contributed by atoms with E-state index in [9.17, 15) is 10.1 Å². The molecule has 0 atom stereocenters. The molecular weight excluding hydrogens is 186 g/mol. The SMILES string of the molecule is CSc1ccc(C[N+](=O)[O-])cc1C. The van der Waals surface area contributed by atoms with Crippen LogP contribution in [0.5, 0.6) is 0 Å². The maximum absolute atomic E-state index is 10.2. The predicted molar refractivity (Wildman–Crippen MR) is 53.7 cm³/mol. The number of nitrogens with zero attached hydrogens (tertiary/aromatic N) is 1. The molecule has 0 bridgehead atoms. The Labute approximate surface area is 81.3 Å². The van der Waals surface area contributed by atoms with E-state index in [1.54, 1.807) is 11.8 Å². The van der Waals surface area contributed by atoms with Gasteiger partial charge in [-0.1, -0.05) is 6.07 Å². The van der Waals surface area contributed by atoms with E-state index in [4.69, 9.17) is 0 Å². The fourth-order valence-corrected chi connectivity index (χ4v) is 1.77. The quantitative estimate of drug-likeness (QED) is 0.425. The van der Waals surface area contributed by atoms with Crippen molar-refractivity contribution in [2.45, 2.75) is 18.4 Å². The molecule has 0 aromatic heterocycles. The minimum atomic E-state index is -0.312. The lowest BCUT2D eigenvalue weighted by Gasteiger charge is -2.02. The van der Waals surface area contributed by atoms with Gasteiger partial charge in [-0.2, -0.15) is 0 Å². The van der Waals surface area contributed by atoms with Crippen LogP contribution in [0.4, 0.5) is 0 Å². The Hall–Kier alpha value is -1.03. The van der Waals surface area contributed by atoms with Crippen LogP contribution in [-0.2, 0) is 6.54 Å². The average Bonchev–Trinajstić information content (AvgIpc) is 2.03. The summed E-state index contributed by atoms with van der Waals surface area (Å²) in [5, 5.41) is 10.2. The van der Waals surface area contributed by atoms with Crippen LogP contribution in [-0.4, -0.2) is 11.2 Å². The molecule has 70 valence electrons. The number of thioether (sulfide) groups is 1. The minimum absolute atomic E-state index is 0.0878. The molecule has 0 saturated heterocycles. The molecule has 1 aromatic carbocycles. The van der Waals surface area contributed by atoms with Gasteiger partial charge in [-0.25, -0.2) is 0 Å². The van der Waals surface area contributed by atoms with Crippen molar-refractivity contribution in [3.63, 3.8) is 0 Å². The standard InChI is InChI=1S/C9H11NO2S/c1-7-5-8(6-10(11)12)3-4-9(7)13-2/h3-5H,6H2,1-2H3. The van der Waals surface area contributed by atoms with E-state index in [2.05, 4.69) is 0 Å². The van der Waals surface area contributed by atoms with E-state index in [-0.39, 0.29) is 11.5 Å². The Balaban J connectivity index is 2.89. The van der Waals surface area contributed by atoms with Crippen molar-refractivity contribution in [2.75, 3.05) is 6.26 Å². The predicted octanol–water partition coefficient (Wildman–Crippen LogP) is 2.49. The molecule has 0 radical (unpaired) electrons. The Bertz CT molecular complexity index is 325. The van der Waals surface area contributed by atoms with Crippen molar-refractivity contribution in [3.05, 3.63) is 39.4 Å². The van der Waals surface area contributed by atoms with Crippen LogP contribution in [0.2, 0.25) is 0 Å². The number of rotatable bonds is 3. The van der Waals surface area contributed by atoms with Crippen LogP contribution >= 0.6 is 11.8 Å². The summed E-state index contributed by atoms with van der Waals surface area (Å²) in [7, 11) is 0. The van der Waals surface area contributed by atoms with Gasteiger partial charge in [-0.05, 0) is 30.9 Å². The van der Waals surface area contributed by atoms with E-state index < -0.39 is 0 Å². The molecule has 0 heterocycles. The molecule has 1 aromatic rings. The first-order chi connectivity index (χ1) is 6.13. The summed E-state index contributed by atoms with van der Waals surface area (Å²) in [6.45, 7) is 1.88. The number of hydrogen-bond acceptors (Lipinski definition) is 3. The van der Waals surface area contributed by atoms with E-state index >= 15 is 0 Å². The van der Waals surface area contributed by atoms with Crippen LogP contribution in [0.3, 0.4) is 0 Å². The molecule has 0 saturated carbocycles. The van der Waals surface area contributed by atoms with Crippen molar-refractivity contribution in [1.29, 1.82) is 0 Å². The number of nitro groups is 1. The van der Waals surface area contributed by atoms with Gasteiger partial charge in [0.2, 0.25) is 6.54 Å². The molecule has 0 aliphatic carbocycles. The fraction of sp³-hybridized carbons (Fsp3) is 0.333. The Morgan fingerprint density at radius 1 is 1.54 bits per heavy atom. The zero-order chi connectivity index (χ0) is 9.84. The molecule has 0 N–H and O–H groups in total. The monoisotopic (exact) mass is 197 g/mol. The summed E-state index contributed by atoms with van der Waals surface area (Å²) in [6.07, 6.45) is 2.00. The fourth-order valence-electron chi connectivity index (χ4n) is 1.19. The van der Waals surface area contributed by atoms with E-state index in [0.717, 1.165) is 11.1 Å². The summed E-state index contributed by atoms with van der Waals surface area (Å²) in [6, 6.07) is 5.61. The smallest absolute Gasteiger partial charge is 0.228 e. The molecule has 0 unspecified atom stereocenters. The first kappa shape index (κ1) is 10.1. The molecule has 0 fully saturated rings. The normalized spacial score (nSPS) is 10.0. The third-order valence-corrected chi connectivity index (χ3v) is 2.67. The highest BCUT2D eigenvalue weighted by Crippen LogP contribution is 2.20. The molecule has 3 nitrogen and oxygen atoms in total. The van der Waals surface area contributed by atoms with Gasteiger partial charge in [0, 0.05) is 15.4 Å². The summed E-state index contributed by atoms with van der Waals surface area (Å²) >= 11 is 1.65. The average molecular weight is 197 g/mol. The van der Waals surface area contributed by atoms with Gasteiger partial charge in [0.1, 0.15) is 0 Å². The molecule has 0 spiro atoms. The van der Waals surface area contributed by atoms with E-state index in [1.807, 2.05) is 31.4 Å². The maximum atomic E-state index is 10.2. The maximum Gasteiger partial charge on any atom is 0.228 e. The molecule has 1 rings (SSSR count). The second-order valence-electron chi connectivity index (χ2n) is 2.79. The second-order valence-corrected chi connectivity index (χ2v) is 3.64. The second kappa shape index (κ2) is 4.28. The summed E-state index contributed by atoms with van der Waals surface area (Å²) in [5.74, 6) is 0. The minimum Gasteiger partial charge on any atom is -0.264 e. The van der Waals surface area contributed by atoms with Gasteiger partial charge in [0.25, 0.3) is 0 Å². The van der Waals surface area contributed by atoms with Crippen molar-refractivity contribution in [2.24, 2.45) is 0 Å². The van der Waals surface area contributed by atoms with Crippen LogP contribution in [0.25, 0.3) is 0 Å². The lowest BCUT2D eigenvalue weighted by atomic mass is 10.1. The van der Waals surface area contributed by atoms with Crippen LogP contribution < -0.4 is 0 Å². The van der Waals surface area contributed by atoms with Gasteiger partial charge in [-0.15, -0.1) is 11.8 Å².